The van der Waals surface area contributed by atoms with Gasteiger partial charge in [0.1, 0.15) is 23.7 Å². The summed E-state index contributed by atoms with van der Waals surface area (Å²) in [4.78, 5) is 22.8. The quantitative estimate of drug-likeness (QED) is 0.636. The molecule has 0 saturated heterocycles. The average Bonchev–Trinajstić information content (AvgIpc) is 2.42. The Kier molecular flexibility index (Phi) is 6.77. The molecule has 10 heteroatoms. The van der Waals surface area contributed by atoms with E-state index >= 15 is 0 Å². The highest BCUT2D eigenvalue weighted by Gasteiger charge is 2.25. The molecule has 140 valence electrons. The van der Waals surface area contributed by atoms with Gasteiger partial charge in [-0.3, -0.25) is 0 Å². The van der Waals surface area contributed by atoms with Gasteiger partial charge < -0.3 is 30.4 Å². The number of aliphatic carboxylic acids is 1. The van der Waals surface area contributed by atoms with Crippen molar-refractivity contribution in [1.82, 2.24) is 5.32 Å². The fourth-order valence-corrected chi connectivity index (χ4v) is 1.63. The molecule has 0 aliphatic carbocycles. The first-order valence-electron chi connectivity index (χ1n) is 7.17. The van der Waals surface area contributed by atoms with E-state index < -0.39 is 36.9 Å². The van der Waals surface area contributed by atoms with Crippen LogP contribution in [0.1, 0.15) is 20.8 Å². The van der Waals surface area contributed by atoms with Gasteiger partial charge >= 0.3 is 18.7 Å². The molecule has 4 N–H and O–H groups in total. The number of carbonyl (C=O) groups is 2. The first-order chi connectivity index (χ1) is 11.5. The van der Waals surface area contributed by atoms with Crippen LogP contribution in [0.2, 0.25) is 0 Å². The minimum Gasteiger partial charge on any atom is -0.489 e. The van der Waals surface area contributed by atoms with Gasteiger partial charge in [-0.2, -0.15) is 8.78 Å². The van der Waals surface area contributed by atoms with Crippen LogP contribution in [-0.4, -0.2) is 42.0 Å². The number of carbonyl (C=O) groups excluding carboxylic acids is 1. The van der Waals surface area contributed by atoms with Crippen LogP contribution >= 0.6 is 0 Å². The van der Waals surface area contributed by atoms with Crippen LogP contribution in [0.5, 0.6) is 11.5 Å². The van der Waals surface area contributed by atoms with E-state index in [0.717, 1.165) is 6.07 Å². The molecule has 0 fully saturated rings. The third-order valence-corrected chi connectivity index (χ3v) is 2.60. The number of ether oxygens (including phenoxy) is 3. The smallest absolute Gasteiger partial charge is 0.408 e. The molecule has 1 rings (SSSR count). The van der Waals surface area contributed by atoms with Crippen molar-refractivity contribution in [3.8, 4) is 11.5 Å². The Morgan fingerprint density at radius 1 is 1.32 bits per heavy atom. The minimum atomic E-state index is -3.00. The number of alkyl carbamates (subject to hydrolysis) is 1. The predicted octanol–water partition coefficient (Wildman–Crippen LogP) is 2.23. The number of anilines is 1. The number of nitrogens with two attached hydrogens (primary N) is 1. The zero-order valence-corrected chi connectivity index (χ0v) is 13.9. The van der Waals surface area contributed by atoms with Crippen LogP contribution in [0.3, 0.4) is 0 Å². The molecule has 0 aliphatic heterocycles. The standard InChI is InChI=1S/C15H20F2N2O6/c1-15(2,3)25-14(22)19-10(12(20)21)7-23-11-5-4-8(6-9(11)18)24-13(16)17/h4-6,10,13H,7,18H2,1-3H3,(H,19,22)(H,20,21)/t10-/m0/s1. The van der Waals surface area contributed by atoms with Gasteiger partial charge in [0.15, 0.2) is 6.04 Å². The first-order valence-corrected chi connectivity index (χ1v) is 7.17. The fourth-order valence-electron chi connectivity index (χ4n) is 1.63. The fraction of sp³-hybridized carbons (Fsp3) is 0.467. The van der Waals surface area contributed by atoms with Crippen LogP contribution in [-0.2, 0) is 9.53 Å². The number of carboxylic acids is 1. The van der Waals surface area contributed by atoms with E-state index in [1.807, 2.05) is 0 Å². The van der Waals surface area contributed by atoms with E-state index in [0.29, 0.717) is 0 Å². The van der Waals surface area contributed by atoms with Gasteiger partial charge in [-0.15, -0.1) is 0 Å². The van der Waals surface area contributed by atoms with Gasteiger partial charge in [-0.05, 0) is 32.9 Å². The number of nitrogens with one attached hydrogen (secondary N) is 1. The van der Waals surface area contributed by atoms with Crippen LogP contribution in [0, 0.1) is 0 Å². The Bertz CT molecular complexity index is 619. The van der Waals surface area contributed by atoms with E-state index in [9.17, 15) is 18.4 Å². The second kappa shape index (κ2) is 8.36. The summed E-state index contributed by atoms with van der Waals surface area (Å²) in [7, 11) is 0. The van der Waals surface area contributed by atoms with E-state index in [2.05, 4.69) is 10.1 Å². The third kappa shape index (κ3) is 7.55. The Hall–Kier alpha value is -2.78. The lowest BCUT2D eigenvalue weighted by Crippen LogP contribution is -2.46. The van der Waals surface area contributed by atoms with Crippen LogP contribution in [0.15, 0.2) is 18.2 Å². The second-order valence-corrected chi connectivity index (χ2v) is 5.93. The maximum atomic E-state index is 12.1. The number of benzene rings is 1. The van der Waals surface area contributed by atoms with E-state index in [4.69, 9.17) is 20.3 Å². The zero-order valence-electron chi connectivity index (χ0n) is 13.9. The number of hydrogen-bond donors (Lipinski definition) is 3. The Labute approximate surface area is 142 Å². The summed E-state index contributed by atoms with van der Waals surface area (Å²) in [6.07, 6.45) is -0.919. The number of rotatable bonds is 7. The molecule has 8 nitrogen and oxygen atoms in total. The average molecular weight is 362 g/mol. The summed E-state index contributed by atoms with van der Waals surface area (Å²) in [5.74, 6) is -1.46. The maximum Gasteiger partial charge on any atom is 0.408 e. The molecule has 0 aromatic heterocycles. The molecule has 0 bridgehead atoms. The van der Waals surface area contributed by atoms with Crippen LogP contribution in [0.25, 0.3) is 0 Å². The Balaban J connectivity index is 2.69. The summed E-state index contributed by atoms with van der Waals surface area (Å²) >= 11 is 0. The van der Waals surface area contributed by atoms with E-state index in [1.165, 1.54) is 12.1 Å². The normalized spacial score (nSPS) is 12.4. The number of hydrogen-bond acceptors (Lipinski definition) is 6. The molecule has 1 amide bonds. The number of halogens is 2. The van der Waals surface area contributed by atoms with Gasteiger partial charge in [-0.1, -0.05) is 0 Å². The third-order valence-electron chi connectivity index (χ3n) is 2.60. The zero-order chi connectivity index (χ0) is 19.2. The molecule has 25 heavy (non-hydrogen) atoms. The number of amides is 1. The lowest BCUT2D eigenvalue weighted by atomic mass is 10.2. The van der Waals surface area contributed by atoms with Crippen LogP contribution in [0.4, 0.5) is 19.3 Å². The molecule has 1 aromatic rings. The molecule has 0 aliphatic rings. The SMILES string of the molecule is CC(C)(C)OC(=O)N[C@@H](COc1ccc(OC(F)F)cc1N)C(=O)O. The molecule has 0 spiro atoms. The molecule has 1 atom stereocenters. The van der Waals surface area contributed by atoms with E-state index in [-0.39, 0.29) is 17.2 Å². The largest absolute Gasteiger partial charge is 0.489 e. The molecular formula is C15H20F2N2O6. The first kappa shape index (κ1) is 20.3. The molecule has 0 radical (unpaired) electrons. The summed E-state index contributed by atoms with van der Waals surface area (Å²) in [5, 5.41) is 11.3. The summed E-state index contributed by atoms with van der Waals surface area (Å²) in [6.45, 7) is 1.43. The van der Waals surface area contributed by atoms with Crippen LogP contribution < -0.4 is 20.5 Å². The second-order valence-electron chi connectivity index (χ2n) is 5.93. The van der Waals surface area contributed by atoms with Crippen molar-refractivity contribution >= 4 is 17.7 Å². The highest BCUT2D eigenvalue weighted by atomic mass is 19.3. The van der Waals surface area contributed by atoms with Gasteiger partial charge in [0, 0.05) is 6.07 Å². The van der Waals surface area contributed by atoms with Crippen molar-refractivity contribution in [2.75, 3.05) is 12.3 Å². The molecule has 0 heterocycles. The molecule has 0 unspecified atom stereocenters. The number of carboxylic acid groups (broad SMARTS) is 1. The molecular weight excluding hydrogens is 342 g/mol. The highest BCUT2D eigenvalue weighted by Crippen LogP contribution is 2.27. The lowest BCUT2D eigenvalue weighted by Gasteiger charge is -2.22. The van der Waals surface area contributed by atoms with E-state index in [1.54, 1.807) is 20.8 Å². The Morgan fingerprint density at radius 3 is 2.44 bits per heavy atom. The molecule has 1 aromatic carbocycles. The van der Waals surface area contributed by atoms with Crippen molar-refractivity contribution in [2.45, 2.75) is 39.0 Å². The van der Waals surface area contributed by atoms with Crippen molar-refractivity contribution in [3.63, 3.8) is 0 Å². The maximum absolute atomic E-state index is 12.1. The topological polar surface area (TPSA) is 120 Å². The monoisotopic (exact) mass is 362 g/mol. The highest BCUT2D eigenvalue weighted by molar-refractivity contribution is 5.80. The van der Waals surface area contributed by atoms with Gasteiger partial charge in [-0.25, -0.2) is 9.59 Å². The van der Waals surface area contributed by atoms with Gasteiger partial charge in [0.2, 0.25) is 0 Å². The minimum absolute atomic E-state index is 0.0282. The van der Waals surface area contributed by atoms with Gasteiger partial charge in [0.05, 0.1) is 5.69 Å². The van der Waals surface area contributed by atoms with Gasteiger partial charge in [0.25, 0.3) is 0 Å². The number of nitrogen functional groups attached to an aromatic ring is 1. The predicted molar refractivity (Wildman–Crippen MR) is 83.8 cm³/mol. The summed E-state index contributed by atoms with van der Waals surface area (Å²) in [6, 6.07) is 2.15. The van der Waals surface area contributed by atoms with Crippen molar-refractivity contribution < 1.29 is 37.7 Å². The van der Waals surface area contributed by atoms with Crippen molar-refractivity contribution in [3.05, 3.63) is 18.2 Å². The number of alkyl halides is 2. The lowest BCUT2D eigenvalue weighted by molar-refractivity contribution is -0.140. The summed E-state index contributed by atoms with van der Waals surface area (Å²) in [5.41, 5.74) is 4.81. The van der Waals surface area contributed by atoms with Crippen molar-refractivity contribution in [1.29, 1.82) is 0 Å². The molecule has 0 saturated carbocycles. The Morgan fingerprint density at radius 2 is 1.96 bits per heavy atom. The summed E-state index contributed by atoms with van der Waals surface area (Å²) < 4.78 is 38.6. The van der Waals surface area contributed by atoms with Crippen molar-refractivity contribution in [2.24, 2.45) is 0 Å².